The summed E-state index contributed by atoms with van der Waals surface area (Å²) in [5.74, 6) is -0.428. The van der Waals surface area contributed by atoms with Crippen molar-refractivity contribution in [1.29, 1.82) is 0 Å². The number of aliphatic hydroxyl groups excluding tert-OH is 1. The first-order valence-corrected chi connectivity index (χ1v) is 5.97. The summed E-state index contributed by atoms with van der Waals surface area (Å²) in [5.41, 5.74) is 1.54. The van der Waals surface area contributed by atoms with E-state index < -0.39 is 5.91 Å². The van der Waals surface area contributed by atoms with E-state index in [1.807, 2.05) is 0 Å². The number of anilines is 1. The van der Waals surface area contributed by atoms with Gasteiger partial charge in [-0.1, -0.05) is 23.7 Å². The Balaban J connectivity index is 2.18. The molecule has 3 N–H and O–H groups in total. The molecule has 0 heterocycles. The molecule has 5 heteroatoms. The molecule has 19 heavy (non-hydrogen) atoms. The second-order valence-electron chi connectivity index (χ2n) is 3.97. The number of amides is 1. The van der Waals surface area contributed by atoms with Crippen LogP contribution in [0.4, 0.5) is 5.69 Å². The van der Waals surface area contributed by atoms with Crippen LogP contribution in [0.2, 0.25) is 5.02 Å². The van der Waals surface area contributed by atoms with Gasteiger partial charge in [-0.15, -0.1) is 0 Å². The molecule has 0 saturated heterocycles. The monoisotopic (exact) mass is 277 g/mol. The lowest BCUT2D eigenvalue weighted by Crippen LogP contribution is -2.12. The lowest BCUT2D eigenvalue weighted by Gasteiger charge is -2.07. The number of phenolic OH excluding ortho intramolecular Hbond substituents is 1. The van der Waals surface area contributed by atoms with Crippen molar-refractivity contribution in [1.82, 2.24) is 0 Å². The van der Waals surface area contributed by atoms with Gasteiger partial charge in [0.2, 0.25) is 0 Å². The number of nitrogens with one attached hydrogen (secondary N) is 1. The second kappa shape index (κ2) is 5.73. The van der Waals surface area contributed by atoms with E-state index in [1.165, 1.54) is 18.2 Å². The molecule has 0 radical (unpaired) electrons. The van der Waals surface area contributed by atoms with Gasteiger partial charge < -0.3 is 15.5 Å². The van der Waals surface area contributed by atoms with Crippen molar-refractivity contribution in [3.05, 3.63) is 58.6 Å². The number of carbonyl (C=O) groups is 1. The Morgan fingerprint density at radius 2 is 1.84 bits per heavy atom. The van der Waals surface area contributed by atoms with Gasteiger partial charge in [0.15, 0.2) is 0 Å². The lowest BCUT2D eigenvalue weighted by atomic mass is 10.1. The van der Waals surface area contributed by atoms with Gasteiger partial charge >= 0.3 is 0 Å². The number of hydrogen-bond donors (Lipinski definition) is 3. The van der Waals surface area contributed by atoms with Gasteiger partial charge in [-0.3, -0.25) is 4.79 Å². The van der Waals surface area contributed by atoms with E-state index in [0.717, 1.165) is 5.56 Å². The van der Waals surface area contributed by atoms with Crippen molar-refractivity contribution in [2.45, 2.75) is 6.61 Å². The highest BCUT2D eigenvalue weighted by atomic mass is 35.5. The molecular formula is C14H12ClNO3. The molecule has 0 aliphatic rings. The van der Waals surface area contributed by atoms with Gasteiger partial charge in [-0.25, -0.2) is 0 Å². The van der Waals surface area contributed by atoms with Gasteiger partial charge in [0.05, 0.1) is 17.2 Å². The number of hydrogen-bond acceptors (Lipinski definition) is 3. The molecule has 0 aliphatic heterocycles. The predicted octanol–water partition coefficient (Wildman–Crippen LogP) is 2.79. The van der Waals surface area contributed by atoms with Crippen molar-refractivity contribution >= 4 is 23.2 Å². The number of benzene rings is 2. The van der Waals surface area contributed by atoms with Crippen LogP contribution in [0.3, 0.4) is 0 Å². The van der Waals surface area contributed by atoms with Crippen molar-refractivity contribution in [2.75, 3.05) is 5.32 Å². The summed E-state index contributed by atoms with van der Waals surface area (Å²) in [5, 5.41) is 21.2. The van der Waals surface area contributed by atoms with E-state index in [9.17, 15) is 9.90 Å². The Labute approximate surface area is 115 Å². The average Bonchev–Trinajstić information content (AvgIpc) is 2.42. The zero-order valence-corrected chi connectivity index (χ0v) is 10.7. The van der Waals surface area contributed by atoms with Crippen LogP contribution in [0.25, 0.3) is 0 Å². The molecule has 0 aromatic heterocycles. The van der Waals surface area contributed by atoms with Crippen LogP contribution in [0.1, 0.15) is 15.9 Å². The van der Waals surface area contributed by atoms with Crippen LogP contribution in [-0.2, 0) is 6.61 Å². The largest absolute Gasteiger partial charge is 0.508 e. The van der Waals surface area contributed by atoms with Crippen LogP contribution >= 0.6 is 11.6 Å². The zero-order chi connectivity index (χ0) is 13.8. The molecule has 0 fully saturated rings. The summed E-state index contributed by atoms with van der Waals surface area (Å²) >= 11 is 5.90. The number of carbonyl (C=O) groups excluding carboxylic acids is 1. The molecule has 0 aliphatic carbocycles. The summed E-state index contributed by atoms with van der Waals surface area (Å²) in [6.45, 7) is -0.0490. The summed E-state index contributed by atoms with van der Waals surface area (Å²) in [7, 11) is 0. The fraction of sp³-hybridized carbons (Fsp3) is 0.0714. The Bertz CT molecular complexity index is 596. The van der Waals surface area contributed by atoms with E-state index in [4.69, 9.17) is 16.7 Å². The summed E-state index contributed by atoms with van der Waals surface area (Å²) in [4.78, 5) is 12.0. The van der Waals surface area contributed by atoms with Crippen molar-refractivity contribution in [3.63, 3.8) is 0 Å². The minimum absolute atomic E-state index is 0.0230. The summed E-state index contributed by atoms with van der Waals surface area (Å²) < 4.78 is 0. The number of phenols is 1. The molecule has 2 rings (SSSR count). The van der Waals surface area contributed by atoms with Gasteiger partial charge in [0.1, 0.15) is 5.75 Å². The molecule has 0 saturated carbocycles. The van der Waals surface area contributed by atoms with E-state index in [0.29, 0.717) is 5.69 Å². The maximum absolute atomic E-state index is 12.0. The molecule has 2 aromatic carbocycles. The van der Waals surface area contributed by atoms with E-state index in [-0.39, 0.29) is 22.9 Å². The van der Waals surface area contributed by atoms with Gasteiger partial charge in [0.25, 0.3) is 5.91 Å². The molecule has 0 atom stereocenters. The first-order valence-electron chi connectivity index (χ1n) is 5.60. The van der Waals surface area contributed by atoms with Gasteiger partial charge in [-0.05, 0) is 35.9 Å². The molecule has 98 valence electrons. The van der Waals surface area contributed by atoms with Crippen LogP contribution in [0.5, 0.6) is 5.75 Å². The van der Waals surface area contributed by atoms with Crippen LogP contribution in [-0.4, -0.2) is 16.1 Å². The number of aliphatic hydroxyl groups is 1. The number of halogens is 1. The molecule has 1 amide bonds. The smallest absolute Gasteiger partial charge is 0.257 e. The third kappa shape index (κ3) is 3.24. The number of rotatable bonds is 3. The molecule has 0 unspecified atom stereocenters. The Kier molecular flexibility index (Phi) is 4.04. The van der Waals surface area contributed by atoms with Gasteiger partial charge in [0, 0.05) is 5.69 Å². The van der Waals surface area contributed by atoms with Crippen LogP contribution in [0.15, 0.2) is 42.5 Å². The fourth-order valence-electron chi connectivity index (χ4n) is 1.58. The van der Waals surface area contributed by atoms with E-state index >= 15 is 0 Å². The average molecular weight is 278 g/mol. The third-order valence-corrected chi connectivity index (χ3v) is 2.92. The van der Waals surface area contributed by atoms with Crippen molar-refractivity contribution in [2.24, 2.45) is 0 Å². The van der Waals surface area contributed by atoms with E-state index in [1.54, 1.807) is 24.3 Å². The summed E-state index contributed by atoms with van der Waals surface area (Å²) in [6, 6.07) is 11.0. The summed E-state index contributed by atoms with van der Waals surface area (Å²) in [6.07, 6.45) is 0. The minimum Gasteiger partial charge on any atom is -0.508 e. The standard InChI is InChI=1S/C14H12ClNO3/c15-13-6-5-11(18)7-12(13)14(19)16-10-3-1-9(8-17)2-4-10/h1-7,17-18H,8H2,(H,16,19). The van der Waals surface area contributed by atoms with Crippen molar-refractivity contribution in [3.8, 4) is 5.75 Å². The third-order valence-electron chi connectivity index (χ3n) is 2.59. The maximum atomic E-state index is 12.0. The fourth-order valence-corrected chi connectivity index (χ4v) is 1.78. The maximum Gasteiger partial charge on any atom is 0.257 e. The van der Waals surface area contributed by atoms with Crippen molar-refractivity contribution < 1.29 is 15.0 Å². The second-order valence-corrected chi connectivity index (χ2v) is 4.38. The highest BCUT2D eigenvalue weighted by molar-refractivity contribution is 6.34. The first-order chi connectivity index (χ1) is 9.10. The number of aromatic hydroxyl groups is 1. The highest BCUT2D eigenvalue weighted by Gasteiger charge is 2.11. The van der Waals surface area contributed by atoms with E-state index in [2.05, 4.69) is 5.32 Å². The molecule has 0 spiro atoms. The normalized spacial score (nSPS) is 10.2. The Morgan fingerprint density at radius 3 is 2.47 bits per heavy atom. The predicted molar refractivity (Wildman–Crippen MR) is 73.4 cm³/mol. The zero-order valence-electron chi connectivity index (χ0n) is 9.93. The van der Waals surface area contributed by atoms with Crippen LogP contribution in [0, 0.1) is 0 Å². The quantitative estimate of drug-likeness (QED) is 0.808. The molecular weight excluding hydrogens is 266 g/mol. The Morgan fingerprint density at radius 1 is 1.16 bits per heavy atom. The first kappa shape index (κ1) is 13.4. The highest BCUT2D eigenvalue weighted by Crippen LogP contribution is 2.22. The molecule has 4 nitrogen and oxygen atoms in total. The van der Waals surface area contributed by atoms with Crippen LogP contribution < -0.4 is 5.32 Å². The SMILES string of the molecule is O=C(Nc1ccc(CO)cc1)c1cc(O)ccc1Cl. The lowest BCUT2D eigenvalue weighted by molar-refractivity contribution is 0.102. The minimum atomic E-state index is -0.405. The van der Waals surface area contributed by atoms with Gasteiger partial charge in [-0.2, -0.15) is 0 Å². The molecule has 0 bridgehead atoms. The molecule has 2 aromatic rings. The Hall–Kier alpha value is -2.04. The topological polar surface area (TPSA) is 69.6 Å².